The lowest BCUT2D eigenvalue weighted by Crippen LogP contribution is -2.71. The fraction of sp³-hybridized carbons (Fsp3) is 0.345. The highest BCUT2D eigenvalue weighted by molar-refractivity contribution is 8.00. The number of nitrogens with one attached hydrogen (secondary N) is 5. The molecule has 4 heterocycles. The molecule has 4 aliphatic heterocycles. The van der Waals surface area contributed by atoms with Crippen LogP contribution >= 0.6 is 11.8 Å². The number of alkyl carbamates (subject to hydrolysis) is 1. The van der Waals surface area contributed by atoms with Crippen molar-refractivity contribution in [3.05, 3.63) is 119 Å². The first-order valence-corrected chi connectivity index (χ1v) is 27.3. The molecule has 0 radical (unpaired) electrons. The lowest BCUT2D eigenvalue weighted by molar-refractivity contribution is -0.151. The number of fused-ring (bicyclic) bond motifs is 1. The molecule has 10 N–H and O–H groups in total. The molecule has 9 amide bonds. The topological polar surface area (TPSA) is 367 Å². The van der Waals surface area contributed by atoms with Crippen molar-refractivity contribution in [2.45, 2.75) is 43.3 Å². The molecule has 0 spiro atoms. The van der Waals surface area contributed by atoms with Gasteiger partial charge in [0.15, 0.2) is 23.0 Å². The monoisotopic (exact) mass is 1180 g/mol. The number of phenols is 4. The Balaban J connectivity index is 0.824. The van der Waals surface area contributed by atoms with Crippen LogP contribution in [0.25, 0.3) is 0 Å². The van der Waals surface area contributed by atoms with E-state index in [1.165, 1.54) is 71.3 Å². The van der Waals surface area contributed by atoms with Gasteiger partial charge in [-0.15, -0.1) is 11.8 Å². The van der Waals surface area contributed by atoms with Crippen LogP contribution in [0.4, 0.5) is 25.4 Å². The molecule has 2 unspecified atom stereocenters. The number of hydrogen-bond acceptors (Lipinski definition) is 18. The number of halogens is 1. The number of unbranched alkanes of at least 4 members (excludes halogenated alkanes) is 1. The number of rotatable bonds is 22. The van der Waals surface area contributed by atoms with Gasteiger partial charge in [-0.25, -0.2) is 18.8 Å². The van der Waals surface area contributed by atoms with Crippen molar-refractivity contribution in [1.29, 1.82) is 0 Å². The minimum atomic E-state index is -1.53. The van der Waals surface area contributed by atoms with E-state index in [9.17, 15) is 73.5 Å². The lowest BCUT2D eigenvalue weighted by Gasteiger charge is -2.49. The lowest BCUT2D eigenvalue weighted by atomic mass is 10.0. The van der Waals surface area contributed by atoms with Crippen LogP contribution in [0.5, 0.6) is 23.0 Å². The highest BCUT2D eigenvalue weighted by Crippen LogP contribution is 2.41. The molecule has 0 aromatic heterocycles. The summed E-state index contributed by atoms with van der Waals surface area (Å²) in [6.45, 7) is 0.483. The first-order valence-electron chi connectivity index (χ1n) is 26.3. The zero-order chi connectivity index (χ0) is 60.4. The van der Waals surface area contributed by atoms with Crippen LogP contribution in [0.1, 0.15) is 52.1 Å². The molecule has 27 nitrogen and oxygen atoms in total. The number of phenolic OH excluding ortho intramolecular Hbond substituents is 4. The number of β-lactam (4-membered cyclic amide) rings is 1. The number of aromatic hydroxyl groups is 4. The van der Waals surface area contributed by atoms with Gasteiger partial charge < -0.3 is 76.3 Å². The van der Waals surface area contributed by atoms with E-state index < -0.39 is 131 Å². The van der Waals surface area contributed by atoms with Crippen molar-refractivity contribution in [3.63, 3.8) is 0 Å². The normalized spacial score (nSPS) is 17.7. The summed E-state index contributed by atoms with van der Waals surface area (Å²) < 4.78 is 25.9. The fourth-order valence-corrected chi connectivity index (χ4v) is 10.9. The molecule has 4 aromatic carbocycles. The van der Waals surface area contributed by atoms with Crippen LogP contribution in [0.15, 0.2) is 96.2 Å². The summed E-state index contributed by atoms with van der Waals surface area (Å²) in [4.78, 5) is 137. The van der Waals surface area contributed by atoms with Crippen LogP contribution in [0.3, 0.4) is 0 Å². The van der Waals surface area contributed by atoms with Crippen molar-refractivity contribution in [2.75, 3.05) is 87.6 Å². The number of carbonyl (C=O) groups is 10. The summed E-state index contributed by atoms with van der Waals surface area (Å²) in [6.07, 6.45) is -1.95. The molecule has 444 valence electrons. The maximum Gasteiger partial charge on any atom is 0.414 e. The number of carboxylic acids is 1. The number of amides is 9. The minimum absolute atomic E-state index is 0.0364. The van der Waals surface area contributed by atoms with Crippen LogP contribution in [-0.4, -0.2) is 195 Å². The quantitative estimate of drug-likeness (QED) is 0.0302. The van der Waals surface area contributed by atoms with Gasteiger partial charge in [0.05, 0.1) is 42.1 Å². The molecule has 3 fully saturated rings. The largest absolute Gasteiger partial charge is 0.504 e. The summed E-state index contributed by atoms with van der Waals surface area (Å²) in [6, 6.07) is 16.9. The SMILES string of the molecule is CC(=O)NCC1CN(c2ccc(N3CCN(C(=O)CNC(=O)OCC4=C(C(=O)O)N5C(=O)[C@@H](NC(=O)C(NC(=O)CN(CCCCNC(=O)c6cccc(O)c6O)C(=O)c6cccc(O)c6O)c6ccccc6)[C@H]5SC4)CC3)c(F)c2)C(=O)O1. The van der Waals surface area contributed by atoms with E-state index >= 15 is 4.39 Å². The van der Waals surface area contributed by atoms with E-state index in [0.717, 1.165) is 27.6 Å². The Hall–Kier alpha value is -9.80. The molecule has 29 heteroatoms. The van der Waals surface area contributed by atoms with Gasteiger partial charge in [0.2, 0.25) is 23.6 Å². The molecule has 0 saturated carbocycles. The van der Waals surface area contributed by atoms with E-state index in [1.807, 2.05) is 0 Å². The fourth-order valence-electron chi connectivity index (χ4n) is 9.60. The van der Waals surface area contributed by atoms with Gasteiger partial charge in [-0.05, 0) is 60.9 Å². The number of piperazine rings is 1. The first-order chi connectivity index (χ1) is 40.2. The number of thioether (sulfide) groups is 1. The highest BCUT2D eigenvalue weighted by atomic mass is 32.2. The number of aliphatic carboxylic acids is 1. The predicted molar refractivity (Wildman–Crippen MR) is 295 cm³/mol. The Bertz CT molecular complexity index is 3270. The number of benzene rings is 4. The third kappa shape index (κ3) is 14.1. The number of hydrogen-bond donors (Lipinski definition) is 10. The van der Waals surface area contributed by atoms with Crippen molar-refractivity contribution in [3.8, 4) is 23.0 Å². The number of ether oxygens (including phenoxy) is 2. The number of carboxylic acid groups (broad SMARTS) is 1. The van der Waals surface area contributed by atoms with Gasteiger partial charge in [-0.1, -0.05) is 42.5 Å². The van der Waals surface area contributed by atoms with Gasteiger partial charge in [-0.2, -0.15) is 0 Å². The second kappa shape index (κ2) is 26.9. The molecule has 8 rings (SSSR count). The Labute approximate surface area is 482 Å². The summed E-state index contributed by atoms with van der Waals surface area (Å²) >= 11 is 1.06. The van der Waals surface area contributed by atoms with Crippen molar-refractivity contribution >= 4 is 82.6 Å². The third-order valence-corrected chi connectivity index (χ3v) is 15.3. The molecule has 4 aliphatic rings. The van der Waals surface area contributed by atoms with Crippen molar-refractivity contribution in [1.82, 2.24) is 41.3 Å². The second-order valence-electron chi connectivity index (χ2n) is 19.6. The van der Waals surface area contributed by atoms with Crippen LogP contribution in [0.2, 0.25) is 0 Å². The molecule has 4 aromatic rings. The van der Waals surface area contributed by atoms with Gasteiger partial charge in [0, 0.05) is 57.5 Å². The van der Waals surface area contributed by atoms with Crippen LogP contribution < -0.4 is 36.4 Å². The Morgan fingerprint density at radius 1 is 0.833 bits per heavy atom. The van der Waals surface area contributed by atoms with E-state index in [2.05, 4.69) is 26.6 Å². The number of anilines is 2. The maximum absolute atomic E-state index is 15.4. The summed E-state index contributed by atoms with van der Waals surface area (Å²) in [5, 5.41) is 62.6. The maximum atomic E-state index is 15.4. The zero-order valence-corrected chi connectivity index (χ0v) is 45.8. The molecule has 3 saturated heterocycles. The Morgan fingerprint density at radius 3 is 2.20 bits per heavy atom. The van der Waals surface area contributed by atoms with Gasteiger partial charge in [0.25, 0.3) is 17.7 Å². The van der Waals surface area contributed by atoms with Crippen LogP contribution in [0, 0.1) is 5.82 Å². The van der Waals surface area contributed by atoms with Crippen molar-refractivity contribution in [2.24, 2.45) is 0 Å². The van der Waals surface area contributed by atoms with E-state index in [1.54, 1.807) is 29.2 Å². The summed E-state index contributed by atoms with van der Waals surface area (Å²) in [5.41, 5.74) is -0.194. The predicted octanol–water partition coefficient (Wildman–Crippen LogP) is 1.43. The Morgan fingerprint density at radius 2 is 1.52 bits per heavy atom. The number of nitrogens with zero attached hydrogens (tertiary/aromatic N) is 5. The summed E-state index contributed by atoms with van der Waals surface area (Å²) in [7, 11) is 0. The second-order valence-corrected chi connectivity index (χ2v) is 20.7. The van der Waals surface area contributed by atoms with Crippen molar-refractivity contribution < 1.29 is 87.3 Å². The summed E-state index contributed by atoms with van der Waals surface area (Å²) in [5.74, 6) is -9.57. The standard InChI is InChI=1S/C55H59FN10O17S/c1-30(67)58-24-34-26-65(55(81)83-34)33-15-16-38(37(56)23-33)62-19-21-63(22-20-62)42(71)25-59-54(80)82-28-32-29-84-52-44(51(77)66(52)45(32)53(78)79)61-49(75)43(31-9-3-2-4-10-31)60-41(70)27-64(50(76)36-12-8-14-40(69)47(36)73)18-6-5-17-57-48(74)35-11-7-13-39(68)46(35)72/h2-4,7-16,23,34,43-44,52,68-69,72-73H,5-6,17-22,24-29H2,1H3,(H,57,74)(H,58,67)(H,59,80)(H,60,70)(H,61,75)(H,78,79)/t34?,43?,44-,52-/m1/s1. The molecule has 0 bridgehead atoms. The molecular formula is C55H59FN10O17S. The van der Waals surface area contributed by atoms with E-state index in [4.69, 9.17) is 9.47 Å². The molecular weight excluding hydrogens is 1120 g/mol. The zero-order valence-electron chi connectivity index (χ0n) is 44.9. The van der Waals surface area contributed by atoms with Gasteiger partial charge in [0.1, 0.15) is 48.2 Å². The smallest absolute Gasteiger partial charge is 0.414 e. The van der Waals surface area contributed by atoms with Crippen LogP contribution in [-0.2, 0) is 38.2 Å². The molecule has 0 aliphatic carbocycles. The van der Waals surface area contributed by atoms with E-state index in [0.29, 0.717) is 0 Å². The Kier molecular flexibility index (Phi) is 19.3. The van der Waals surface area contributed by atoms with Gasteiger partial charge >= 0.3 is 18.2 Å². The number of cyclic esters (lactones) is 1. The average Bonchev–Trinajstić information content (AvgIpc) is 3.31. The third-order valence-electron chi connectivity index (χ3n) is 13.9. The van der Waals surface area contributed by atoms with E-state index in [-0.39, 0.29) is 110 Å². The van der Waals surface area contributed by atoms with Gasteiger partial charge in [-0.3, -0.25) is 43.4 Å². The first kappa shape index (κ1) is 60.3. The average molecular weight is 1180 g/mol. The number of carbonyl (C=O) groups excluding carboxylic acids is 9. The highest BCUT2D eigenvalue weighted by Gasteiger charge is 2.55. The molecule has 4 atom stereocenters. The number of para-hydroxylation sites is 2. The minimum Gasteiger partial charge on any atom is -0.504 e. The molecule has 84 heavy (non-hydrogen) atoms.